The van der Waals surface area contributed by atoms with Gasteiger partial charge in [0.1, 0.15) is 5.82 Å². The summed E-state index contributed by atoms with van der Waals surface area (Å²) in [5.74, 6) is 0.335. The first kappa shape index (κ1) is 23.2. The molecule has 4 N–H and O–H groups in total. The number of benzene rings is 2. The van der Waals surface area contributed by atoms with Crippen LogP contribution in [0, 0.1) is 12.7 Å². The molecule has 1 unspecified atom stereocenters. The van der Waals surface area contributed by atoms with Gasteiger partial charge in [0, 0.05) is 30.2 Å². The van der Waals surface area contributed by atoms with Crippen molar-refractivity contribution in [1.82, 2.24) is 15.6 Å². The Morgan fingerprint density at radius 2 is 1.93 bits per heavy atom. The summed E-state index contributed by atoms with van der Waals surface area (Å²) < 4.78 is 13.0. The molecular weight excluding hydrogens is 482 g/mol. The number of halogens is 2. The lowest BCUT2D eigenvalue weighted by molar-refractivity contribution is 0.187. The topological polar surface area (TPSA) is 72.4 Å². The van der Waals surface area contributed by atoms with Crippen molar-refractivity contribution < 1.29 is 9.50 Å². The summed E-state index contributed by atoms with van der Waals surface area (Å²) >= 11 is 0. The quantitative estimate of drug-likeness (QED) is 0.220. The zero-order chi connectivity index (χ0) is 19.9. The normalized spacial score (nSPS) is 12.5. The number of guanidine groups is 1. The van der Waals surface area contributed by atoms with Gasteiger partial charge in [-0.1, -0.05) is 30.3 Å². The predicted octanol–water partition coefficient (Wildman–Crippen LogP) is 4.06. The van der Waals surface area contributed by atoms with Crippen molar-refractivity contribution in [3.05, 3.63) is 71.2 Å². The van der Waals surface area contributed by atoms with Crippen molar-refractivity contribution in [2.45, 2.75) is 26.4 Å². The second kappa shape index (κ2) is 11.2. The molecule has 1 heterocycles. The van der Waals surface area contributed by atoms with Crippen LogP contribution in [0.5, 0.6) is 0 Å². The maximum atomic E-state index is 13.0. The molecule has 29 heavy (non-hydrogen) atoms. The van der Waals surface area contributed by atoms with Crippen molar-refractivity contribution >= 4 is 40.8 Å². The van der Waals surface area contributed by atoms with Crippen LogP contribution < -0.4 is 10.6 Å². The zero-order valence-corrected chi connectivity index (χ0v) is 19.0. The highest BCUT2D eigenvalue weighted by Crippen LogP contribution is 2.21. The number of aliphatic hydroxyl groups is 1. The highest BCUT2D eigenvalue weighted by atomic mass is 127. The fraction of sp³-hybridized carbons (Fsp3) is 0.318. The van der Waals surface area contributed by atoms with Crippen LogP contribution in [0.25, 0.3) is 10.9 Å². The van der Waals surface area contributed by atoms with Gasteiger partial charge in [-0.3, -0.25) is 4.99 Å². The molecule has 5 nitrogen and oxygen atoms in total. The fourth-order valence-electron chi connectivity index (χ4n) is 3.20. The van der Waals surface area contributed by atoms with E-state index in [0.717, 1.165) is 19.5 Å². The third-order valence-corrected chi connectivity index (χ3v) is 4.72. The third kappa shape index (κ3) is 6.17. The molecule has 1 atom stereocenters. The molecular formula is C22H28FIN4O. The lowest BCUT2D eigenvalue weighted by Gasteiger charge is -2.13. The number of para-hydroxylation sites is 1. The average Bonchev–Trinajstić information content (AvgIpc) is 3.11. The summed E-state index contributed by atoms with van der Waals surface area (Å²) in [7, 11) is 0. The Balaban J connectivity index is 0.00000300. The van der Waals surface area contributed by atoms with Crippen LogP contribution in [0.1, 0.15) is 29.7 Å². The average molecular weight is 510 g/mol. The Hall–Kier alpha value is -2.13. The van der Waals surface area contributed by atoms with Gasteiger partial charge in [0.05, 0.1) is 12.6 Å². The molecule has 0 radical (unpaired) electrons. The van der Waals surface area contributed by atoms with Crippen molar-refractivity contribution in [1.29, 1.82) is 0 Å². The van der Waals surface area contributed by atoms with Gasteiger partial charge in [0.25, 0.3) is 0 Å². The molecule has 156 valence electrons. The molecule has 0 amide bonds. The monoisotopic (exact) mass is 510 g/mol. The van der Waals surface area contributed by atoms with Crippen LogP contribution in [0.3, 0.4) is 0 Å². The summed E-state index contributed by atoms with van der Waals surface area (Å²) in [6.07, 6.45) is 2.14. The van der Waals surface area contributed by atoms with Gasteiger partial charge in [-0.2, -0.15) is 0 Å². The zero-order valence-electron chi connectivity index (χ0n) is 16.7. The third-order valence-electron chi connectivity index (χ3n) is 4.72. The standard InChI is InChI=1S/C22H27FN4O.HI/c1-3-24-22(27-14-20(28)16-7-9-18(23)10-8-16)25-12-11-17-13-26-21-15(2)5-4-6-19(17)21;/h4-10,13,20,26,28H,3,11-12,14H2,1-2H3,(H2,24,25,27);1H. The number of aromatic nitrogens is 1. The summed E-state index contributed by atoms with van der Waals surface area (Å²) in [5, 5.41) is 18.0. The molecule has 0 aliphatic heterocycles. The molecule has 2 aromatic carbocycles. The minimum atomic E-state index is -0.771. The second-order valence-corrected chi connectivity index (χ2v) is 6.78. The van der Waals surface area contributed by atoms with Gasteiger partial charge in [-0.25, -0.2) is 4.39 Å². The maximum Gasteiger partial charge on any atom is 0.191 e. The molecule has 0 fully saturated rings. The number of aliphatic hydroxyl groups excluding tert-OH is 1. The first-order valence-corrected chi connectivity index (χ1v) is 9.59. The highest BCUT2D eigenvalue weighted by molar-refractivity contribution is 14.0. The summed E-state index contributed by atoms with van der Waals surface area (Å²) in [5.41, 5.74) is 4.32. The molecule has 0 saturated carbocycles. The van der Waals surface area contributed by atoms with Crippen LogP contribution in [-0.2, 0) is 6.42 Å². The van der Waals surface area contributed by atoms with Gasteiger partial charge in [0.2, 0.25) is 0 Å². The lowest BCUT2D eigenvalue weighted by Crippen LogP contribution is -2.38. The second-order valence-electron chi connectivity index (χ2n) is 6.78. The molecule has 0 spiro atoms. The Morgan fingerprint density at radius 3 is 2.66 bits per heavy atom. The molecule has 0 saturated heterocycles. The number of aliphatic imine (C=N–C) groups is 1. The molecule has 7 heteroatoms. The number of nitrogens with zero attached hydrogens (tertiary/aromatic N) is 1. The van der Waals surface area contributed by atoms with E-state index in [-0.39, 0.29) is 36.3 Å². The van der Waals surface area contributed by atoms with Crippen molar-refractivity contribution in [2.24, 2.45) is 4.99 Å². The Kier molecular flexibility index (Phi) is 8.91. The Morgan fingerprint density at radius 1 is 1.17 bits per heavy atom. The molecule has 0 aliphatic rings. The molecule has 1 aromatic heterocycles. The minimum Gasteiger partial charge on any atom is -0.386 e. The Labute approximate surface area is 187 Å². The van der Waals surface area contributed by atoms with Crippen LogP contribution in [0.4, 0.5) is 4.39 Å². The molecule has 0 bridgehead atoms. The number of aromatic amines is 1. The van der Waals surface area contributed by atoms with E-state index in [0.29, 0.717) is 11.5 Å². The number of hydrogen-bond donors (Lipinski definition) is 4. The van der Waals surface area contributed by atoms with Crippen LogP contribution in [0.2, 0.25) is 0 Å². The fourth-order valence-corrected chi connectivity index (χ4v) is 3.20. The minimum absolute atomic E-state index is 0. The van der Waals surface area contributed by atoms with Crippen LogP contribution in [-0.4, -0.2) is 35.7 Å². The summed E-state index contributed by atoms with van der Waals surface area (Å²) in [6, 6.07) is 12.1. The molecule has 3 aromatic rings. The van der Waals surface area contributed by atoms with E-state index in [1.165, 1.54) is 34.2 Å². The van der Waals surface area contributed by atoms with E-state index in [4.69, 9.17) is 0 Å². The van der Waals surface area contributed by atoms with E-state index >= 15 is 0 Å². The predicted molar refractivity (Wildman–Crippen MR) is 127 cm³/mol. The Bertz CT molecular complexity index is 940. The van der Waals surface area contributed by atoms with Gasteiger partial charge in [-0.15, -0.1) is 24.0 Å². The molecule has 3 rings (SSSR count). The smallest absolute Gasteiger partial charge is 0.191 e. The van der Waals surface area contributed by atoms with Gasteiger partial charge < -0.3 is 20.7 Å². The number of nitrogens with one attached hydrogen (secondary N) is 3. The first-order chi connectivity index (χ1) is 13.6. The van der Waals surface area contributed by atoms with E-state index in [2.05, 4.69) is 51.9 Å². The number of fused-ring (bicyclic) bond motifs is 1. The molecule has 0 aliphatic carbocycles. The van der Waals surface area contributed by atoms with Crippen LogP contribution >= 0.6 is 24.0 Å². The van der Waals surface area contributed by atoms with E-state index in [1.807, 2.05) is 6.92 Å². The summed E-state index contributed by atoms with van der Waals surface area (Å²) in [4.78, 5) is 7.80. The maximum absolute atomic E-state index is 13.0. The van der Waals surface area contributed by atoms with E-state index < -0.39 is 6.10 Å². The van der Waals surface area contributed by atoms with Crippen molar-refractivity contribution in [3.8, 4) is 0 Å². The van der Waals surface area contributed by atoms with E-state index in [1.54, 1.807) is 12.1 Å². The van der Waals surface area contributed by atoms with Crippen LogP contribution in [0.15, 0.2) is 53.7 Å². The number of H-pyrrole nitrogens is 1. The van der Waals surface area contributed by atoms with Crippen molar-refractivity contribution in [2.75, 3.05) is 19.6 Å². The number of rotatable bonds is 7. The number of hydrogen-bond acceptors (Lipinski definition) is 2. The van der Waals surface area contributed by atoms with E-state index in [9.17, 15) is 9.50 Å². The largest absolute Gasteiger partial charge is 0.386 e. The van der Waals surface area contributed by atoms with Crippen molar-refractivity contribution in [3.63, 3.8) is 0 Å². The highest BCUT2D eigenvalue weighted by Gasteiger charge is 2.09. The lowest BCUT2D eigenvalue weighted by atomic mass is 10.1. The number of aryl methyl sites for hydroxylation is 1. The van der Waals surface area contributed by atoms with Gasteiger partial charge in [-0.05, 0) is 49.1 Å². The first-order valence-electron chi connectivity index (χ1n) is 9.59. The SMILES string of the molecule is CCNC(=NCC(O)c1ccc(F)cc1)NCCc1c[nH]c2c(C)cccc12.I. The van der Waals surface area contributed by atoms with Gasteiger partial charge in [0.15, 0.2) is 5.96 Å². The summed E-state index contributed by atoms with van der Waals surface area (Å²) in [6.45, 7) is 5.75. The van der Waals surface area contributed by atoms with Gasteiger partial charge >= 0.3 is 0 Å².